The van der Waals surface area contributed by atoms with Gasteiger partial charge in [-0.2, -0.15) is 11.9 Å². The number of anilines is 1. The molecule has 8 heteroatoms. The molecule has 1 aromatic carbocycles. The summed E-state index contributed by atoms with van der Waals surface area (Å²) in [7, 11) is 0. The molecule has 2 aliphatic rings. The van der Waals surface area contributed by atoms with Crippen LogP contribution in [0.1, 0.15) is 87.4 Å². The molecule has 2 aliphatic carbocycles. The molecule has 0 spiro atoms. The van der Waals surface area contributed by atoms with Gasteiger partial charge in [-0.15, -0.1) is 5.92 Å². The normalized spacial score (nSPS) is 25.1. The zero-order valence-corrected chi connectivity index (χ0v) is 26.3. The van der Waals surface area contributed by atoms with Crippen LogP contribution in [0, 0.1) is 29.1 Å². The van der Waals surface area contributed by atoms with E-state index in [2.05, 4.69) is 28.7 Å². The number of nitrogen functional groups attached to an aromatic ring is 1. The highest BCUT2D eigenvalue weighted by Crippen LogP contribution is 2.43. The van der Waals surface area contributed by atoms with Crippen LogP contribution < -0.4 is 15.5 Å². The average molecular weight is 615 g/mol. The third-order valence-corrected chi connectivity index (χ3v) is 10.2. The Morgan fingerprint density at radius 2 is 2.04 bits per heavy atom. The van der Waals surface area contributed by atoms with Crippen LogP contribution >= 0.6 is 0 Å². The third kappa shape index (κ3) is 8.40. The topological polar surface area (TPSA) is 143 Å². The van der Waals surface area contributed by atoms with Crippen LogP contribution in [0.3, 0.4) is 0 Å². The second kappa shape index (κ2) is 15.2. The van der Waals surface area contributed by atoms with Crippen molar-refractivity contribution in [3.05, 3.63) is 71.7 Å². The Balaban J connectivity index is 1.25. The molecule has 6 N–H and O–H groups in total. The first-order chi connectivity index (χ1) is 21.8. The number of phenolic OH excluding ortho intramolecular Hbond substituents is 1. The minimum absolute atomic E-state index is 0.0150. The van der Waals surface area contributed by atoms with Crippen molar-refractivity contribution >= 4 is 5.82 Å². The SMILES string of the molecule is CC[C@]12C#CC[C@@H]([C@H](O)CCc3ccc(O)c(O[C@H](CO)C[C@H](Cc4ccc[n-]4)c4ccnc(N)c4)c3)[C@@H](O)[C@H](CCC1)CC2. The molecule has 0 aliphatic heterocycles. The predicted molar refractivity (Wildman–Crippen MR) is 175 cm³/mol. The zero-order chi connectivity index (χ0) is 31.8. The maximum atomic E-state index is 11.4. The van der Waals surface area contributed by atoms with Gasteiger partial charge in [0.2, 0.25) is 0 Å². The van der Waals surface area contributed by atoms with Crippen molar-refractivity contribution < 1.29 is 25.2 Å². The molecule has 8 nitrogen and oxygen atoms in total. The smallest absolute Gasteiger partial charge is 0.161 e. The zero-order valence-electron chi connectivity index (χ0n) is 26.3. The number of nitrogens with two attached hydrogens (primary N) is 1. The molecule has 0 amide bonds. The molecule has 2 aromatic heterocycles. The van der Waals surface area contributed by atoms with E-state index in [9.17, 15) is 20.4 Å². The van der Waals surface area contributed by atoms with Gasteiger partial charge in [0.1, 0.15) is 11.9 Å². The van der Waals surface area contributed by atoms with Crippen molar-refractivity contribution in [1.82, 2.24) is 9.97 Å². The molecular formula is C37H48N3O5-. The van der Waals surface area contributed by atoms with Crippen LogP contribution in [0.15, 0.2) is 54.9 Å². The number of benzene rings is 1. The molecule has 1 fully saturated rings. The van der Waals surface area contributed by atoms with Crippen LogP contribution in [-0.4, -0.2) is 50.3 Å². The molecule has 45 heavy (non-hydrogen) atoms. The molecular weight excluding hydrogens is 566 g/mol. The Hall–Kier alpha value is -3.51. The molecule has 1 saturated carbocycles. The molecule has 0 radical (unpaired) electrons. The van der Waals surface area contributed by atoms with Gasteiger partial charge < -0.3 is 35.9 Å². The fourth-order valence-electron chi connectivity index (χ4n) is 7.29. The van der Waals surface area contributed by atoms with Gasteiger partial charge in [0.25, 0.3) is 0 Å². The number of aryl methyl sites for hydroxylation is 1. The van der Waals surface area contributed by atoms with E-state index in [0.29, 0.717) is 37.9 Å². The van der Waals surface area contributed by atoms with E-state index in [1.54, 1.807) is 24.5 Å². The molecule has 3 aromatic rings. The fourth-order valence-corrected chi connectivity index (χ4v) is 7.29. The van der Waals surface area contributed by atoms with Crippen LogP contribution in [0.25, 0.3) is 0 Å². The van der Waals surface area contributed by atoms with Crippen molar-refractivity contribution in [2.45, 2.75) is 102 Å². The van der Waals surface area contributed by atoms with E-state index in [-0.39, 0.29) is 41.3 Å². The number of aromatic hydroxyl groups is 1. The molecule has 0 unspecified atom stereocenters. The molecule has 2 heterocycles. The average Bonchev–Trinajstić information content (AvgIpc) is 3.49. The number of pyridine rings is 1. The first-order valence-corrected chi connectivity index (χ1v) is 16.5. The summed E-state index contributed by atoms with van der Waals surface area (Å²) in [5.41, 5.74) is 8.82. The van der Waals surface area contributed by atoms with Gasteiger partial charge in [0, 0.05) is 24.0 Å². The van der Waals surface area contributed by atoms with Gasteiger partial charge in [-0.25, -0.2) is 4.98 Å². The first kappa shape index (κ1) is 32.9. The lowest BCUT2D eigenvalue weighted by molar-refractivity contribution is -0.0231. The Kier molecular flexibility index (Phi) is 11.1. The van der Waals surface area contributed by atoms with Gasteiger partial charge in [-0.05, 0) is 105 Å². The van der Waals surface area contributed by atoms with Crippen molar-refractivity contribution in [3.63, 3.8) is 0 Å². The molecule has 242 valence electrons. The summed E-state index contributed by atoms with van der Waals surface area (Å²) in [6, 6.07) is 12.8. The summed E-state index contributed by atoms with van der Waals surface area (Å²) in [5.74, 6) is 7.46. The highest BCUT2D eigenvalue weighted by Gasteiger charge is 2.38. The Morgan fingerprint density at radius 3 is 2.80 bits per heavy atom. The lowest BCUT2D eigenvalue weighted by Crippen LogP contribution is -2.37. The maximum absolute atomic E-state index is 11.4. The molecule has 0 saturated heterocycles. The summed E-state index contributed by atoms with van der Waals surface area (Å²) in [6.45, 7) is 1.97. The van der Waals surface area contributed by atoms with Crippen LogP contribution in [0.2, 0.25) is 0 Å². The summed E-state index contributed by atoms with van der Waals surface area (Å²) in [5, 5.41) is 43.6. The summed E-state index contributed by atoms with van der Waals surface area (Å²) >= 11 is 0. The number of ether oxygens (including phenoxy) is 1. The van der Waals surface area contributed by atoms with Crippen molar-refractivity contribution in [2.24, 2.45) is 17.3 Å². The number of hydrogen-bond acceptors (Lipinski definition) is 7. The summed E-state index contributed by atoms with van der Waals surface area (Å²) in [6.07, 6.45) is 10.3. The first-order valence-electron chi connectivity index (χ1n) is 16.5. The standard InChI is InChI=1S/C37H48N3O5/c1-2-37-15-3-6-26(13-17-37)36(44)31(8-4-16-37)32(42)11-9-25-10-12-33(43)34(20-25)45-30(24-41)22-28(21-29-7-5-18-39-29)27-14-19-40-35(38)23-27/h5,7,10,12,14,18-20,23,26,28,30-32,36,41-44H,2-3,6,8-9,11,13,15,17,21-22,24H2,1H3,(H2,38,40)/q-1/t26-,28+,30+,31+,32-,36+,37-/m1/s1. The largest absolute Gasteiger partial charge is 0.668 e. The van der Waals surface area contributed by atoms with Gasteiger partial charge >= 0.3 is 0 Å². The van der Waals surface area contributed by atoms with Crippen LogP contribution in [0.5, 0.6) is 11.5 Å². The second-order valence-electron chi connectivity index (χ2n) is 13.1. The van der Waals surface area contributed by atoms with Gasteiger partial charge in [0.05, 0.1) is 18.8 Å². The number of aliphatic hydroxyl groups excluding tert-OH is 3. The van der Waals surface area contributed by atoms with Crippen LogP contribution in [-0.2, 0) is 12.8 Å². The van der Waals surface area contributed by atoms with Gasteiger partial charge in [0.15, 0.2) is 11.5 Å². The minimum Gasteiger partial charge on any atom is -0.668 e. The number of phenols is 1. The number of hydrogen-bond donors (Lipinski definition) is 5. The van der Waals surface area contributed by atoms with E-state index < -0.39 is 18.3 Å². The minimum atomic E-state index is -0.702. The predicted octanol–water partition coefficient (Wildman–Crippen LogP) is 5.14. The van der Waals surface area contributed by atoms with E-state index in [1.807, 2.05) is 30.3 Å². The lowest BCUT2D eigenvalue weighted by atomic mass is 9.78. The number of aromatic nitrogens is 2. The quantitative estimate of drug-likeness (QED) is 0.167. The summed E-state index contributed by atoms with van der Waals surface area (Å²) in [4.78, 5) is 8.54. The number of fused-ring (bicyclic) bond motifs is 3. The monoisotopic (exact) mass is 614 g/mol. The molecule has 5 rings (SSSR count). The highest BCUT2D eigenvalue weighted by atomic mass is 16.5. The van der Waals surface area contributed by atoms with E-state index in [0.717, 1.165) is 55.3 Å². The number of rotatable bonds is 13. The third-order valence-electron chi connectivity index (χ3n) is 10.2. The molecule has 7 atom stereocenters. The van der Waals surface area contributed by atoms with Crippen LogP contribution in [0.4, 0.5) is 5.82 Å². The highest BCUT2D eigenvalue weighted by molar-refractivity contribution is 5.42. The van der Waals surface area contributed by atoms with Crippen molar-refractivity contribution in [3.8, 4) is 23.3 Å². The Morgan fingerprint density at radius 1 is 1.18 bits per heavy atom. The molecule has 2 bridgehead atoms. The van der Waals surface area contributed by atoms with Crippen molar-refractivity contribution in [1.29, 1.82) is 0 Å². The summed E-state index contributed by atoms with van der Waals surface area (Å²) < 4.78 is 6.20. The van der Waals surface area contributed by atoms with E-state index in [1.165, 1.54) is 0 Å². The van der Waals surface area contributed by atoms with Crippen molar-refractivity contribution in [2.75, 3.05) is 12.3 Å². The number of nitrogens with zero attached hydrogens (tertiary/aromatic N) is 2. The van der Waals surface area contributed by atoms with E-state index in [4.69, 9.17) is 10.5 Å². The van der Waals surface area contributed by atoms with Gasteiger partial charge in [-0.1, -0.05) is 37.5 Å². The maximum Gasteiger partial charge on any atom is 0.161 e. The van der Waals surface area contributed by atoms with E-state index >= 15 is 0 Å². The number of aliphatic hydroxyl groups is 3. The Bertz CT molecular complexity index is 1430. The Labute approximate surface area is 267 Å². The second-order valence-corrected chi connectivity index (χ2v) is 13.1. The lowest BCUT2D eigenvalue weighted by Gasteiger charge is -2.31. The van der Waals surface area contributed by atoms with Gasteiger partial charge in [-0.3, -0.25) is 0 Å². The fraction of sp³-hybridized carbons (Fsp3) is 0.541.